The highest BCUT2D eigenvalue weighted by atomic mass is 35.5. The van der Waals surface area contributed by atoms with E-state index >= 15 is 0 Å². The molecule has 0 spiro atoms. The molecule has 1 saturated heterocycles. The lowest BCUT2D eigenvalue weighted by molar-refractivity contribution is -0.389. The Balaban J connectivity index is 0.00000280. The second-order valence-corrected chi connectivity index (χ2v) is 6.48. The minimum Gasteiger partial charge on any atom is -0.358 e. The van der Waals surface area contributed by atoms with Crippen LogP contribution < -0.4 is 10.6 Å². The predicted molar refractivity (Wildman–Crippen MR) is 99.4 cm³/mol. The van der Waals surface area contributed by atoms with Crippen LogP contribution in [0.4, 0.5) is 14.6 Å². The fraction of sp³-hybridized carbons (Fsp3) is 0.412. The van der Waals surface area contributed by atoms with E-state index in [0.29, 0.717) is 30.9 Å². The lowest BCUT2D eigenvalue weighted by atomic mass is 9.86. The van der Waals surface area contributed by atoms with Crippen LogP contribution in [0.3, 0.4) is 0 Å². The van der Waals surface area contributed by atoms with Gasteiger partial charge in [-0.25, -0.2) is 8.78 Å². The van der Waals surface area contributed by atoms with Crippen LogP contribution in [0.2, 0.25) is 0 Å². The number of aromatic nitrogens is 2. The van der Waals surface area contributed by atoms with E-state index in [9.17, 15) is 23.7 Å². The fourth-order valence-corrected chi connectivity index (χ4v) is 3.30. The van der Waals surface area contributed by atoms with Crippen molar-refractivity contribution in [3.05, 3.63) is 57.5 Å². The minimum absolute atomic E-state index is 0. The normalized spacial score (nSPS) is 19.0. The Labute approximate surface area is 165 Å². The number of carbonyl (C=O) groups is 1. The van der Waals surface area contributed by atoms with Crippen LogP contribution >= 0.6 is 12.4 Å². The topological polar surface area (TPSA) is 102 Å². The summed E-state index contributed by atoms with van der Waals surface area (Å²) in [7, 11) is 0. The number of hydrogen-bond donors (Lipinski definition) is 2. The molecule has 152 valence electrons. The monoisotopic (exact) mass is 415 g/mol. The van der Waals surface area contributed by atoms with Crippen LogP contribution in [0.1, 0.15) is 23.7 Å². The Morgan fingerprint density at radius 1 is 1.43 bits per heavy atom. The number of rotatable bonds is 5. The van der Waals surface area contributed by atoms with Crippen molar-refractivity contribution in [2.24, 2.45) is 0 Å². The molecule has 11 heteroatoms. The van der Waals surface area contributed by atoms with Crippen molar-refractivity contribution in [2.45, 2.75) is 31.8 Å². The molecule has 1 aromatic heterocycles. The highest BCUT2D eigenvalue weighted by Crippen LogP contribution is 2.27. The summed E-state index contributed by atoms with van der Waals surface area (Å²) >= 11 is 0. The van der Waals surface area contributed by atoms with Crippen molar-refractivity contribution < 1.29 is 18.5 Å². The van der Waals surface area contributed by atoms with Crippen molar-refractivity contribution in [3.63, 3.8) is 0 Å². The van der Waals surface area contributed by atoms with Gasteiger partial charge in [-0.1, -0.05) is 6.07 Å². The van der Waals surface area contributed by atoms with Gasteiger partial charge in [-0.3, -0.25) is 9.36 Å². The second kappa shape index (κ2) is 9.07. The minimum atomic E-state index is -0.919. The molecule has 1 amide bonds. The maximum Gasteiger partial charge on any atom is 0.381 e. The smallest absolute Gasteiger partial charge is 0.358 e. The van der Waals surface area contributed by atoms with Gasteiger partial charge in [0.1, 0.15) is 12.7 Å². The third kappa shape index (κ3) is 4.82. The summed E-state index contributed by atoms with van der Waals surface area (Å²) in [6, 6.07) is 3.46. The van der Waals surface area contributed by atoms with Crippen molar-refractivity contribution in [1.29, 1.82) is 0 Å². The van der Waals surface area contributed by atoms with Gasteiger partial charge in [0.15, 0.2) is 11.6 Å². The average Bonchev–Trinajstić information content (AvgIpc) is 2.99. The van der Waals surface area contributed by atoms with Gasteiger partial charge in [0.2, 0.25) is 11.7 Å². The Morgan fingerprint density at radius 3 is 2.82 bits per heavy atom. The molecule has 1 aliphatic rings. The van der Waals surface area contributed by atoms with Gasteiger partial charge in [0.05, 0.1) is 0 Å². The molecular formula is C17H20ClF2N5O3. The van der Waals surface area contributed by atoms with Gasteiger partial charge >= 0.3 is 5.82 Å². The molecule has 3 rings (SSSR count). The number of nitro groups is 1. The van der Waals surface area contributed by atoms with E-state index in [-0.39, 0.29) is 42.6 Å². The number of amides is 1. The van der Waals surface area contributed by atoms with Crippen LogP contribution in [0.15, 0.2) is 24.4 Å². The van der Waals surface area contributed by atoms with Crippen LogP contribution in [0.25, 0.3) is 0 Å². The zero-order chi connectivity index (χ0) is 19.6. The van der Waals surface area contributed by atoms with Crippen LogP contribution in [-0.2, 0) is 11.3 Å². The van der Waals surface area contributed by atoms with E-state index in [4.69, 9.17) is 0 Å². The van der Waals surface area contributed by atoms with Crippen LogP contribution in [0.5, 0.6) is 0 Å². The number of aryl methyl sites for hydroxylation is 1. The first-order valence-corrected chi connectivity index (χ1v) is 8.48. The van der Waals surface area contributed by atoms with Gasteiger partial charge < -0.3 is 20.7 Å². The zero-order valence-electron chi connectivity index (χ0n) is 15.0. The van der Waals surface area contributed by atoms with E-state index in [1.54, 1.807) is 6.92 Å². The number of halogens is 3. The van der Waals surface area contributed by atoms with E-state index in [1.165, 1.54) is 16.8 Å². The highest BCUT2D eigenvalue weighted by Gasteiger charge is 2.29. The lowest BCUT2D eigenvalue weighted by Gasteiger charge is -2.33. The van der Waals surface area contributed by atoms with E-state index in [0.717, 1.165) is 12.1 Å². The number of nitrogens with one attached hydrogen (secondary N) is 2. The Kier molecular flexibility index (Phi) is 7.03. The summed E-state index contributed by atoms with van der Waals surface area (Å²) in [5.74, 6) is -2.30. The summed E-state index contributed by atoms with van der Waals surface area (Å²) in [4.78, 5) is 26.4. The van der Waals surface area contributed by atoms with Gasteiger partial charge in [-0.05, 0) is 40.6 Å². The first-order chi connectivity index (χ1) is 12.8. The number of benzene rings is 1. The molecule has 1 fully saturated rings. The predicted octanol–water partition coefficient (Wildman–Crippen LogP) is 2.06. The molecule has 2 atom stereocenters. The van der Waals surface area contributed by atoms with Crippen molar-refractivity contribution in [3.8, 4) is 0 Å². The number of piperidine rings is 1. The van der Waals surface area contributed by atoms with E-state index in [2.05, 4.69) is 15.6 Å². The number of imidazole rings is 1. The number of carbonyl (C=O) groups excluding carboxylic acids is 1. The third-order valence-corrected chi connectivity index (χ3v) is 4.66. The van der Waals surface area contributed by atoms with Crippen molar-refractivity contribution in [1.82, 2.24) is 20.2 Å². The number of nitrogens with zero attached hydrogens (tertiary/aromatic N) is 3. The Morgan fingerprint density at radius 2 is 2.18 bits per heavy atom. The molecule has 2 heterocycles. The summed E-state index contributed by atoms with van der Waals surface area (Å²) < 4.78 is 28.2. The van der Waals surface area contributed by atoms with Gasteiger partial charge in [0.25, 0.3) is 0 Å². The maximum absolute atomic E-state index is 13.6. The highest BCUT2D eigenvalue weighted by molar-refractivity contribution is 5.85. The van der Waals surface area contributed by atoms with Gasteiger partial charge in [-0.2, -0.15) is 0 Å². The standard InChI is InChI=1S/C17H19F2N5O3.ClH/c1-10-21-16(24(26)27)8-23(10)9-17(25)22-15-7-20-5-4-12(15)11-2-3-13(18)14(19)6-11;/h2-3,6,8,12,15,20H,4-5,7,9H2,1H3,(H,22,25);1H. The zero-order valence-corrected chi connectivity index (χ0v) is 15.8. The Bertz CT molecular complexity index is 876. The summed E-state index contributed by atoms with van der Waals surface area (Å²) in [6.07, 6.45) is 1.87. The quantitative estimate of drug-likeness (QED) is 0.575. The lowest BCUT2D eigenvalue weighted by Crippen LogP contribution is -2.50. The first kappa shape index (κ1) is 21.7. The van der Waals surface area contributed by atoms with E-state index < -0.39 is 16.6 Å². The summed E-state index contributed by atoms with van der Waals surface area (Å²) in [5, 5.41) is 16.8. The molecule has 1 aliphatic heterocycles. The fourth-order valence-electron chi connectivity index (χ4n) is 3.30. The van der Waals surface area contributed by atoms with Crippen LogP contribution in [0, 0.1) is 28.7 Å². The molecule has 0 aliphatic carbocycles. The average molecular weight is 416 g/mol. The summed E-state index contributed by atoms with van der Waals surface area (Å²) in [6.45, 7) is 2.64. The summed E-state index contributed by atoms with van der Waals surface area (Å²) in [5.41, 5.74) is 0.621. The third-order valence-electron chi connectivity index (χ3n) is 4.66. The van der Waals surface area contributed by atoms with Crippen molar-refractivity contribution >= 4 is 24.1 Å². The molecule has 0 bridgehead atoms. The molecule has 8 nitrogen and oxygen atoms in total. The van der Waals surface area contributed by atoms with Crippen molar-refractivity contribution in [2.75, 3.05) is 13.1 Å². The SMILES string of the molecule is Cc1nc([N+](=O)[O-])cn1CC(=O)NC1CNCCC1c1ccc(F)c(F)c1.Cl. The molecular weight excluding hydrogens is 396 g/mol. The molecule has 2 aromatic rings. The largest absolute Gasteiger partial charge is 0.381 e. The second-order valence-electron chi connectivity index (χ2n) is 6.48. The van der Waals surface area contributed by atoms with Crippen LogP contribution in [-0.4, -0.2) is 39.5 Å². The Hall–Kier alpha value is -2.59. The van der Waals surface area contributed by atoms with E-state index in [1.807, 2.05) is 0 Å². The molecule has 2 unspecified atom stereocenters. The van der Waals surface area contributed by atoms with Gasteiger partial charge in [0, 0.05) is 25.4 Å². The molecule has 0 radical (unpaired) electrons. The molecule has 1 aromatic carbocycles. The molecule has 2 N–H and O–H groups in total. The molecule has 28 heavy (non-hydrogen) atoms. The van der Waals surface area contributed by atoms with Gasteiger partial charge in [-0.15, -0.1) is 12.4 Å². The number of hydrogen-bond acceptors (Lipinski definition) is 5. The first-order valence-electron chi connectivity index (χ1n) is 8.48. The molecule has 0 saturated carbocycles. The maximum atomic E-state index is 13.6.